The van der Waals surface area contributed by atoms with Gasteiger partial charge in [-0.1, -0.05) is 42.5 Å². The van der Waals surface area contributed by atoms with Crippen molar-refractivity contribution >= 4 is 23.0 Å². The maximum Gasteiger partial charge on any atom is 0.244 e. The van der Waals surface area contributed by atoms with Crippen molar-refractivity contribution in [3.8, 4) is 0 Å². The molecule has 1 amide bonds. The standard InChI is InChI=1S/C21H21N3O2/c1-15(13-20(25)16-7-3-2-4-8-16)23-21(26)12-11-17-14-22-18-9-5-6-10-19(18)24-17/h2-12,14-15,20,25H,13H2,1H3,(H,23,26)/b12-11+. The van der Waals surface area contributed by atoms with Gasteiger partial charge in [0.1, 0.15) is 0 Å². The maximum atomic E-state index is 12.1. The van der Waals surface area contributed by atoms with Crippen molar-refractivity contribution in [1.82, 2.24) is 15.3 Å². The molecule has 1 aromatic heterocycles. The molecule has 3 aromatic rings. The Balaban J connectivity index is 1.56. The molecule has 1 heterocycles. The van der Waals surface area contributed by atoms with Crippen molar-refractivity contribution in [3.05, 3.63) is 78.1 Å². The number of aromatic nitrogens is 2. The van der Waals surface area contributed by atoms with Gasteiger partial charge in [0.05, 0.1) is 29.0 Å². The molecule has 2 atom stereocenters. The van der Waals surface area contributed by atoms with Crippen molar-refractivity contribution < 1.29 is 9.90 Å². The van der Waals surface area contributed by atoms with Crippen LogP contribution in [0.4, 0.5) is 0 Å². The van der Waals surface area contributed by atoms with Gasteiger partial charge < -0.3 is 10.4 Å². The quantitative estimate of drug-likeness (QED) is 0.671. The van der Waals surface area contributed by atoms with Crippen LogP contribution in [0, 0.1) is 0 Å². The summed E-state index contributed by atoms with van der Waals surface area (Å²) in [6.07, 6.45) is 4.54. The fourth-order valence-electron chi connectivity index (χ4n) is 2.71. The molecule has 5 nitrogen and oxygen atoms in total. The first-order chi connectivity index (χ1) is 12.6. The van der Waals surface area contributed by atoms with Crippen LogP contribution >= 0.6 is 0 Å². The predicted molar refractivity (Wildman–Crippen MR) is 102 cm³/mol. The Morgan fingerprint density at radius 1 is 1.12 bits per heavy atom. The van der Waals surface area contributed by atoms with E-state index in [4.69, 9.17) is 0 Å². The summed E-state index contributed by atoms with van der Waals surface area (Å²) in [6.45, 7) is 1.87. The fraction of sp³-hybridized carbons (Fsp3) is 0.190. The van der Waals surface area contributed by atoms with E-state index in [1.807, 2.05) is 61.5 Å². The smallest absolute Gasteiger partial charge is 0.244 e. The summed E-state index contributed by atoms with van der Waals surface area (Å²) in [5.41, 5.74) is 3.07. The van der Waals surface area contributed by atoms with E-state index >= 15 is 0 Å². The Labute approximate surface area is 152 Å². The SMILES string of the molecule is CC(CC(O)c1ccccc1)NC(=O)/C=C/c1cnc2ccccc2n1. The number of fused-ring (bicyclic) bond motifs is 1. The van der Waals surface area contributed by atoms with Crippen LogP contribution in [0.2, 0.25) is 0 Å². The summed E-state index contributed by atoms with van der Waals surface area (Å²) in [4.78, 5) is 20.8. The van der Waals surface area contributed by atoms with Crippen molar-refractivity contribution in [2.75, 3.05) is 0 Å². The van der Waals surface area contributed by atoms with Gasteiger partial charge in [0.25, 0.3) is 0 Å². The number of rotatable bonds is 6. The minimum atomic E-state index is -0.609. The highest BCUT2D eigenvalue weighted by atomic mass is 16.3. The number of carbonyl (C=O) groups excluding carboxylic acids is 1. The van der Waals surface area contributed by atoms with Gasteiger partial charge in [-0.2, -0.15) is 0 Å². The molecule has 0 spiro atoms. The lowest BCUT2D eigenvalue weighted by Gasteiger charge is -2.17. The zero-order valence-electron chi connectivity index (χ0n) is 14.5. The van der Waals surface area contributed by atoms with E-state index in [1.165, 1.54) is 6.08 Å². The van der Waals surface area contributed by atoms with Gasteiger partial charge in [-0.05, 0) is 37.1 Å². The van der Waals surface area contributed by atoms with Gasteiger partial charge >= 0.3 is 0 Å². The zero-order valence-corrected chi connectivity index (χ0v) is 14.5. The van der Waals surface area contributed by atoms with Crippen LogP contribution in [0.15, 0.2) is 66.9 Å². The average Bonchev–Trinajstić information content (AvgIpc) is 2.66. The second-order valence-electron chi connectivity index (χ2n) is 6.19. The summed E-state index contributed by atoms with van der Waals surface area (Å²) in [6, 6.07) is 16.8. The second kappa shape index (κ2) is 8.36. The molecule has 0 bridgehead atoms. The van der Waals surface area contributed by atoms with Crippen LogP contribution < -0.4 is 5.32 Å². The molecule has 2 N–H and O–H groups in total. The summed E-state index contributed by atoms with van der Waals surface area (Å²) < 4.78 is 0. The van der Waals surface area contributed by atoms with Crippen LogP contribution in [0.1, 0.15) is 30.7 Å². The number of carbonyl (C=O) groups is 1. The molecule has 3 rings (SSSR count). The molecule has 0 saturated heterocycles. The summed E-state index contributed by atoms with van der Waals surface area (Å²) in [5.74, 6) is -0.229. The van der Waals surface area contributed by atoms with E-state index in [0.717, 1.165) is 16.6 Å². The molecule has 0 radical (unpaired) electrons. The number of amides is 1. The first kappa shape index (κ1) is 17.8. The first-order valence-corrected chi connectivity index (χ1v) is 8.55. The van der Waals surface area contributed by atoms with Gasteiger partial charge in [-0.3, -0.25) is 9.78 Å². The molecule has 0 fully saturated rings. The lowest BCUT2D eigenvalue weighted by Crippen LogP contribution is -2.32. The third-order valence-corrected chi connectivity index (χ3v) is 4.02. The Hall–Kier alpha value is -3.05. The molecule has 2 aromatic carbocycles. The number of para-hydroxylation sites is 2. The number of hydrogen-bond acceptors (Lipinski definition) is 4. The van der Waals surface area contributed by atoms with Crippen LogP contribution in [0.3, 0.4) is 0 Å². The average molecular weight is 347 g/mol. The molecule has 0 aliphatic rings. The van der Waals surface area contributed by atoms with Crippen LogP contribution in [0.25, 0.3) is 17.1 Å². The van der Waals surface area contributed by atoms with Crippen molar-refractivity contribution in [2.45, 2.75) is 25.5 Å². The number of hydrogen-bond donors (Lipinski definition) is 2. The highest BCUT2D eigenvalue weighted by molar-refractivity contribution is 5.91. The summed E-state index contributed by atoms with van der Waals surface area (Å²) in [5, 5.41) is 13.1. The lowest BCUT2D eigenvalue weighted by molar-refractivity contribution is -0.117. The monoisotopic (exact) mass is 347 g/mol. The Kier molecular flexibility index (Phi) is 5.71. The largest absolute Gasteiger partial charge is 0.388 e. The third-order valence-electron chi connectivity index (χ3n) is 4.02. The van der Waals surface area contributed by atoms with Gasteiger partial charge in [0.2, 0.25) is 5.91 Å². The second-order valence-corrected chi connectivity index (χ2v) is 6.19. The zero-order chi connectivity index (χ0) is 18.4. The Morgan fingerprint density at radius 3 is 2.58 bits per heavy atom. The normalized spacial score (nSPS) is 13.6. The minimum absolute atomic E-state index is 0.162. The highest BCUT2D eigenvalue weighted by Crippen LogP contribution is 2.17. The number of benzene rings is 2. The molecule has 0 aliphatic carbocycles. The Morgan fingerprint density at radius 2 is 1.81 bits per heavy atom. The van der Waals surface area contributed by atoms with E-state index in [9.17, 15) is 9.90 Å². The molecule has 5 heteroatoms. The van der Waals surface area contributed by atoms with Crippen molar-refractivity contribution in [3.63, 3.8) is 0 Å². The third kappa shape index (κ3) is 4.74. The van der Waals surface area contributed by atoms with Gasteiger partial charge in [0.15, 0.2) is 0 Å². The molecule has 2 unspecified atom stereocenters. The number of nitrogens with one attached hydrogen (secondary N) is 1. The summed E-state index contributed by atoms with van der Waals surface area (Å²) in [7, 11) is 0. The van der Waals surface area contributed by atoms with E-state index in [1.54, 1.807) is 12.3 Å². The van der Waals surface area contributed by atoms with Crippen LogP contribution in [-0.2, 0) is 4.79 Å². The molecule has 0 aliphatic heterocycles. The van der Waals surface area contributed by atoms with Crippen LogP contribution in [0.5, 0.6) is 0 Å². The number of aliphatic hydroxyl groups is 1. The molecular weight excluding hydrogens is 326 g/mol. The summed E-state index contributed by atoms with van der Waals surface area (Å²) >= 11 is 0. The number of aliphatic hydroxyl groups excluding tert-OH is 1. The maximum absolute atomic E-state index is 12.1. The highest BCUT2D eigenvalue weighted by Gasteiger charge is 2.13. The minimum Gasteiger partial charge on any atom is -0.388 e. The molecule has 0 saturated carbocycles. The van der Waals surface area contributed by atoms with Crippen molar-refractivity contribution in [1.29, 1.82) is 0 Å². The van der Waals surface area contributed by atoms with Crippen LogP contribution in [-0.4, -0.2) is 27.0 Å². The fourth-order valence-corrected chi connectivity index (χ4v) is 2.71. The van der Waals surface area contributed by atoms with E-state index in [0.29, 0.717) is 12.1 Å². The van der Waals surface area contributed by atoms with Crippen molar-refractivity contribution in [2.24, 2.45) is 0 Å². The van der Waals surface area contributed by atoms with Gasteiger partial charge in [-0.25, -0.2) is 4.98 Å². The topological polar surface area (TPSA) is 75.1 Å². The van der Waals surface area contributed by atoms with E-state index < -0.39 is 6.10 Å². The number of nitrogens with zero attached hydrogens (tertiary/aromatic N) is 2. The molecule has 132 valence electrons. The first-order valence-electron chi connectivity index (χ1n) is 8.55. The molecular formula is C21H21N3O2. The van der Waals surface area contributed by atoms with E-state index in [-0.39, 0.29) is 11.9 Å². The molecule has 26 heavy (non-hydrogen) atoms. The van der Waals surface area contributed by atoms with Gasteiger partial charge in [-0.15, -0.1) is 0 Å². The Bertz CT molecular complexity index is 909. The van der Waals surface area contributed by atoms with Gasteiger partial charge in [0, 0.05) is 12.1 Å². The van der Waals surface area contributed by atoms with E-state index in [2.05, 4.69) is 15.3 Å². The predicted octanol–water partition coefficient (Wildman–Crippen LogP) is 3.27. The lowest BCUT2D eigenvalue weighted by atomic mass is 10.0.